The molecule has 2 aromatic rings. The molecule has 2 aromatic carbocycles. The van der Waals surface area contributed by atoms with Crippen LogP contribution in [0.2, 0.25) is 0 Å². The summed E-state index contributed by atoms with van der Waals surface area (Å²) in [6.45, 7) is 6.11. The fourth-order valence-electron chi connectivity index (χ4n) is 3.28. The Morgan fingerprint density at radius 1 is 1.21 bits per heavy atom. The van der Waals surface area contributed by atoms with E-state index in [1.165, 1.54) is 0 Å². The van der Waals surface area contributed by atoms with Crippen molar-refractivity contribution in [3.05, 3.63) is 94.3 Å². The summed E-state index contributed by atoms with van der Waals surface area (Å²) in [5, 5.41) is 10.6. The molecule has 33 heavy (non-hydrogen) atoms. The van der Waals surface area contributed by atoms with Gasteiger partial charge in [0.25, 0.3) is 5.91 Å². The number of anilines is 1. The smallest absolute Gasteiger partial charge is 0.338 e. The van der Waals surface area contributed by atoms with Gasteiger partial charge in [-0.15, -0.1) is 0 Å². The molecule has 7 heteroatoms. The summed E-state index contributed by atoms with van der Waals surface area (Å²) in [6.07, 6.45) is 8.25. The Hall–Kier alpha value is -3.87. The Morgan fingerprint density at radius 2 is 2.00 bits per heavy atom. The predicted molar refractivity (Wildman–Crippen MR) is 131 cm³/mol. The maximum Gasteiger partial charge on any atom is 0.338 e. The summed E-state index contributed by atoms with van der Waals surface area (Å²) in [4.78, 5) is 24.9. The number of hydrogen-bond donors (Lipinski definition) is 2. The Bertz CT molecular complexity index is 1120. The number of hydrogen-bond acceptors (Lipinski definition) is 4. The van der Waals surface area contributed by atoms with Crippen LogP contribution < -0.4 is 10.6 Å². The van der Waals surface area contributed by atoms with Gasteiger partial charge in [-0.2, -0.15) is 6.20 Å². The van der Waals surface area contributed by atoms with Crippen molar-refractivity contribution in [2.75, 3.05) is 19.0 Å². The van der Waals surface area contributed by atoms with Gasteiger partial charge in [0.15, 0.2) is 18.1 Å². The third-order valence-corrected chi connectivity index (χ3v) is 5.09. The van der Waals surface area contributed by atoms with E-state index in [-0.39, 0.29) is 17.9 Å². The van der Waals surface area contributed by atoms with Crippen LogP contribution in [0.15, 0.2) is 66.8 Å². The first-order valence-electron chi connectivity index (χ1n) is 11.0. The summed E-state index contributed by atoms with van der Waals surface area (Å²) < 4.78 is 7.15. The van der Waals surface area contributed by atoms with Crippen LogP contribution in [0.5, 0.6) is 0 Å². The van der Waals surface area contributed by atoms with Gasteiger partial charge in [-0.3, -0.25) is 4.79 Å². The molecule has 0 saturated heterocycles. The monoisotopic (exact) mass is 446 g/mol. The summed E-state index contributed by atoms with van der Waals surface area (Å²) in [5.41, 5.74) is 4.34. The van der Waals surface area contributed by atoms with Crippen molar-refractivity contribution in [2.24, 2.45) is 0 Å². The maximum atomic E-state index is 12.8. The molecule has 1 unspecified atom stereocenters. The highest BCUT2D eigenvalue weighted by Crippen LogP contribution is 2.24. The minimum absolute atomic E-state index is 0.0717. The van der Waals surface area contributed by atoms with E-state index in [0.717, 1.165) is 17.7 Å². The van der Waals surface area contributed by atoms with Crippen LogP contribution in [0.3, 0.4) is 0 Å². The molecule has 0 aromatic heterocycles. The Morgan fingerprint density at radius 3 is 2.70 bits per heavy atom. The molecule has 1 aliphatic heterocycles. The predicted octanol–water partition coefficient (Wildman–Crippen LogP) is 4.88. The number of nitrogens with zero attached hydrogens (tertiary/aromatic N) is 2. The molecule has 1 amide bonds. The summed E-state index contributed by atoms with van der Waals surface area (Å²) in [6, 6.07) is 12.5. The minimum Gasteiger partial charge on any atom is -0.683 e. The van der Waals surface area contributed by atoms with Crippen molar-refractivity contribution in [2.45, 2.75) is 33.2 Å². The lowest BCUT2D eigenvalue weighted by Gasteiger charge is -2.26. The van der Waals surface area contributed by atoms with Crippen LogP contribution in [0.25, 0.3) is 5.32 Å². The van der Waals surface area contributed by atoms with Gasteiger partial charge in [0.1, 0.15) is 7.05 Å². The number of amides is 1. The number of ether oxygens (including phenoxy) is 1. The van der Waals surface area contributed by atoms with Crippen LogP contribution in [0, 0.1) is 6.92 Å². The first-order valence-corrected chi connectivity index (χ1v) is 11.0. The maximum absolute atomic E-state index is 12.8. The quantitative estimate of drug-likeness (QED) is 0.402. The lowest BCUT2D eigenvalue weighted by Crippen LogP contribution is -2.21. The molecule has 0 spiro atoms. The van der Waals surface area contributed by atoms with E-state index in [4.69, 9.17) is 4.74 Å². The second-order valence-electron chi connectivity index (χ2n) is 7.91. The lowest BCUT2D eigenvalue weighted by atomic mass is 10.0. The van der Waals surface area contributed by atoms with Gasteiger partial charge in [-0.25, -0.2) is 9.37 Å². The number of esters is 1. The van der Waals surface area contributed by atoms with Crippen molar-refractivity contribution in [1.82, 2.24) is 5.32 Å². The summed E-state index contributed by atoms with van der Waals surface area (Å²) in [5.74, 6) is -0.613. The van der Waals surface area contributed by atoms with E-state index in [1.54, 1.807) is 37.5 Å². The Kier molecular flexibility index (Phi) is 8.02. The number of nitrogens with one attached hydrogen (secondary N) is 2. The zero-order valence-electron chi connectivity index (χ0n) is 19.5. The zero-order chi connectivity index (χ0) is 23.8. The van der Waals surface area contributed by atoms with Gasteiger partial charge in [0, 0.05) is 11.3 Å². The van der Waals surface area contributed by atoms with E-state index >= 15 is 0 Å². The molecule has 1 heterocycles. The number of rotatable bonds is 10. The molecule has 0 saturated carbocycles. The molecule has 3 rings (SSSR count). The van der Waals surface area contributed by atoms with Crippen molar-refractivity contribution in [3.63, 3.8) is 0 Å². The molecule has 0 aliphatic carbocycles. The van der Waals surface area contributed by atoms with Gasteiger partial charge in [-0.1, -0.05) is 37.6 Å². The number of aryl methyl sites for hydroxylation is 1. The van der Waals surface area contributed by atoms with Crippen LogP contribution in [-0.4, -0.2) is 36.3 Å². The Balaban J connectivity index is 1.58. The van der Waals surface area contributed by atoms with E-state index in [9.17, 15) is 9.59 Å². The lowest BCUT2D eigenvalue weighted by molar-refractivity contribution is -0.429. The molecular weight excluding hydrogens is 416 g/mol. The number of carbonyl (C=O) groups is 2. The highest BCUT2D eigenvalue weighted by atomic mass is 16.5. The highest BCUT2D eigenvalue weighted by molar-refractivity contribution is 6.05. The average Bonchev–Trinajstić information content (AvgIpc) is 2.78. The van der Waals surface area contributed by atoms with Crippen molar-refractivity contribution in [3.8, 4) is 0 Å². The standard InChI is InChI=1S/C26H30N4O3/c1-5-13-33-26(32)24-10-9-21(14-18(24)2)25(31)29-22-8-6-7-20(15-22)19(3)27-11-12-28-23-16-30(4)17-23/h6-12,14-17,19H,5,13H2,1-4H3,(H2-,27,28,29,31,32). The molecule has 2 N–H and O–H groups in total. The van der Waals surface area contributed by atoms with Gasteiger partial charge >= 0.3 is 5.97 Å². The van der Waals surface area contributed by atoms with E-state index in [2.05, 4.69) is 16.0 Å². The zero-order valence-corrected chi connectivity index (χ0v) is 19.5. The number of allylic oxidation sites excluding steroid dienone is 1. The van der Waals surface area contributed by atoms with E-state index < -0.39 is 0 Å². The van der Waals surface area contributed by atoms with Crippen molar-refractivity contribution in [1.29, 1.82) is 0 Å². The van der Waals surface area contributed by atoms with E-state index in [1.807, 2.05) is 62.2 Å². The topological polar surface area (TPSA) is 84.5 Å². The number of benzene rings is 2. The van der Waals surface area contributed by atoms with Gasteiger partial charge in [0.05, 0.1) is 12.2 Å². The SMILES string of the molecule is CCCOC(=O)c1ccc(C(=O)Nc2cccc(C(C)[N-]C=CNC3=C[N+](C)=C3)c2)cc1C. The molecule has 0 bridgehead atoms. The van der Waals surface area contributed by atoms with Gasteiger partial charge < -0.3 is 20.7 Å². The molecule has 172 valence electrons. The summed E-state index contributed by atoms with van der Waals surface area (Å²) in [7, 11) is 1.97. The van der Waals surface area contributed by atoms with E-state index in [0.29, 0.717) is 29.0 Å². The Labute approximate surface area is 194 Å². The first-order chi connectivity index (χ1) is 15.9. The molecule has 1 aliphatic rings. The third-order valence-electron chi connectivity index (χ3n) is 5.09. The fraction of sp³-hybridized carbons (Fsp3) is 0.269. The minimum atomic E-state index is -0.370. The van der Waals surface area contributed by atoms with Crippen molar-refractivity contribution < 1.29 is 18.9 Å². The van der Waals surface area contributed by atoms with Crippen LogP contribution in [0.1, 0.15) is 58.2 Å². The second kappa shape index (κ2) is 11.1. The fourth-order valence-corrected chi connectivity index (χ4v) is 3.28. The second-order valence-corrected chi connectivity index (χ2v) is 7.91. The average molecular weight is 447 g/mol. The highest BCUT2D eigenvalue weighted by Gasteiger charge is 2.14. The number of carbonyl (C=O) groups excluding carboxylic acids is 2. The van der Waals surface area contributed by atoms with Gasteiger partial charge in [-0.05, 0) is 55.4 Å². The van der Waals surface area contributed by atoms with Crippen LogP contribution in [-0.2, 0) is 4.74 Å². The molecule has 7 nitrogen and oxygen atoms in total. The van der Waals surface area contributed by atoms with Gasteiger partial charge in [0.2, 0.25) is 0 Å². The third kappa shape index (κ3) is 6.55. The summed E-state index contributed by atoms with van der Waals surface area (Å²) >= 11 is 0. The molecule has 1 atom stereocenters. The largest absolute Gasteiger partial charge is 0.683 e. The molecular formula is C26H30N4O3. The molecule has 0 radical (unpaired) electrons. The first kappa shape index (κ1) is 23.8. The normalized spacial score (nSPS) is 13.5. The van der Waals surface area contributed by atoms with Crippen molar-refractivity contribution >= 4 is 23.8 Å². The van der Waals surface area contributed by atoms with Crippen LogP contribution in [0.4, 0.5) is 5.69 Å². The van der Waals surface area contributed by atoms with Crippen LogP contribution >= 0.6 is 0 Å². The molecule has 0 fully saturated rings.